The molecule has 2 unspecified atom stereocenters. The molecular weight excluding hydrogens is 303 g/mol. The molecule has 3 rings (SSSR count). The number of halogens is 1. The Morgan fingerprint density at radius 2 is 2.32 bits per heavy atom. The fourth-order valence-electron chi connectivity index (χ4n) is 2.89. The van der Waals surface area contributed by atoms with E-state index in [4.69, 9.17) is 4.74 Å². The standard InChI is InChI=1S/C16H21FN2O2S/c17-14-4-2-1-3-13(14)15-10-19(6-7-21-15)16(20)9-12-11-22-8-5-18-12/h1-4,12,15,18H,5-11H2. The fourth-order valence-corrected chi connectivity index (χ4v) is 3.84. The van der Waals surface area contributed by atoms with Crippen LogP contribution >= 0.6 is 11.8 Å². The van der Waals surface area contributed by atoms with Crippen LogP contribution in [0.3, 0.4) is 0 Å². The quantitative estimate of drug-likeness (QED) is 0.921. The van der Waals surface area contributed by atoms with Gasteiger partial charge in [-0.15, -0.1) is 0 Å². The van der Waals surface area contributed by atoms with Crippen LogP contribution in [0.2, 0.25) is 0 Å². The van der Waals surface area contributed by atoms with E-state index in [1.54, 1.807) is 18.2 Å². The number of morpholine rings is 1. The van der Waals surface area contributed by atoms with E-state index in [2.05, 4.69) is 5.32 Å². The van der Waals surface area contributed by atoms with Crippen LogP contribution in [0.15, 0.2) is 24.3 Å². The minimum absolute atomic E-state index is 0.129. The third-order valence-corrected chi connectivity index (χ3v) is 5.22. The summed E-state index contributed by atoms with van der Waals surface area (Å²) in [4.78, 5) is 14.3. The number of ether oxygens (including phenoxy) is 1. The van der Waals surface area contributed by atoms with Gasteiger partial charge in [0.25, 0.3) is 0 Å². The number of thioether (sulfide) groups is 1. The maximum Gasteiger partial charge on any atom is 0.224 e. The molecule has 4 nitrogen and oxygen atoms in total. The summed E-state index contributed by atoms with van der Waals surface area (Å²) in [6.45, 7) is 2.43. The van der Waals surface area contributed by atoms with Crippen molar-refractivity contribution in [2.75, 3.05) is 37.7 Å². The summed E-state index contributed by atoms with van der Waals surface area (Å²) < 4.78 is 19.5. The largest absolute Gasteiger partial charge is 0.370 e. The van der Waals surface area contributed by atoms with E-state index in [0.29, 0.717) is 31.7 Å². The van der Waals surface area contributed by atoms with Crippen molar-refractivity contribution in [1.82, 2.24) is 10.2 Å². The lowest BCUT2D eigenvalue weighted by Gasteiger charge is -2.34. The van der Waals surface area contributed by atoms with Gasteiger partial charge in [0, 0.05) is 42.6 Å². The van der Waals surface area contributed by atoms with Crippen LogP contribution < -0.4 is 5.32 Å². The van der Waals surface area contributed by atoms with E-state index in [-0.39, 0.29) is 23.9 Å². The van der Waals surface area contributed by atoms with Crippen LogP contribution in [0.1, 0.15) is 18.1 Å². The van der Waals surface area contributed by atoms with Gasteiger partial charge in [-0.3, -0.25) is 4.79 Å². The van der Waals surface area contributed by atoms with Crippen LogP contribution in [0, 0.1) is 5.82 Å². The molecule has 1 aromatic rings. The van der Waals surface area contributed by atoms with Crippen molar-refractivity contribution in [2.24, 2.45) is 0 Å². The van der Waals surface area contributed by atoms with Crippen molar-refractivity contribution in [2.45, 2.75) is 18.6 Å². The summed E-state index contributed by atoms with van der Waals surface area (Å²) in [5, 5.41) is 3.38. The van der Waals surface area contributed by atoms with Crippen LogP contribution in [0.5, 0.6) is 0 Å². The molecule has 2 fully saturated rings. The van der Waals surface area contributed by atoms with Gasteiger partial charge >= 0.3 is 0 Å². The summed E-state index contributed by atoms with van der Waals surface area (Å²) in [5.74, 6) is 1.95. The van der Waals surface area contributed by atoms with Gasteiger partial charge in [-0.25, -0.2) is 4.39 Å². The number of carbonyl (C=O) groups is 1. The van der Waals surface area contributed by atoms with Crippen LogP contribution in [0.25, 0.3) is 0 Å². The number of hydrogen-bond donors (Lipinski definition) is 1. The molecule has 2 heterocycles. The summed E-state index contributed by atoms with van der Waals surface area (Å²) >= 11 is 1.88. The molecule has 0 aromatic heterocycles. The van der Waals surface area contributed by atoms with Crippen molar-refractivity contribution >= 4 is 17.7 Å². The van der Waals surface area contributed by atoms with E-state index in [1.165, 1.54) is 6.07 Å². The third kappa shape index (κ3) is 3.80. The molecule has 1 amide bonds. The zero-order valence-corrected chi connectivity index (χ0v) is 13.3. The van der Waals surface area contributed by atoms with Crippen molar-refractivity contribution < 1.29 is 13.9 Å². The first kappa shape index (κ1) is 15.8. The molecule has 1 aromatic carbocycles. The average molecular weight is 324 g/mol. The predicted octanol–water partition coefficient (Wildman–Crippen LogP) is 1.82. The van der Waals surface area contributed by atoms with Gasteiger partial charge in [-0.1, -0.05) is 18.2 Å². The average Bonchev–Trinajstić information content (AvgIpc) is 2.56. The fraction of sp³-hybridized carbons (Fsp3) is 0.562. The summed E-state index contributed by atoms with van der Waals surface area (Å²) in [5.41, 5.74) is 0.534. The molecule has 1 N–H and O–H groups in total. The molecule has 0 saturated carbocycles. The second-order valence-electron chi connectivity index (χ2n) is 5.65. The SMILES string of the molecule is O=C(CC1CSCCN1)N1CCOC(c2ccccc2F)C1. The monoisotopic (exact) mass is 324 g/mol. The topological polar surface area (TPSA) is 41.6 Å². The van der Waals surface area contributed by atoms with Crippen LogP contribution in [-0.2, 0) is 9.53 Å². The zero-order valence-electron chi connectivity index (χ0n) is 12.5. The van der Waals surface area contributed by atoms with E-state index in [1.807, 2.05) is 16.7 Å². The Morgan fingerprint density at radius 1 is 1.45 bits per heavy atom. The Hall–Kier alpha value is -1.11. The second kappa shape index (κ2) is 7.44. The Bertz CT molecular complexity index is 523. The van der Waals surface area contributed by atoms with Gasteiger partial charge < -0.3 is 15.0 Å². The lowest BCUT2D eigenvalue weighted by Crippen LogP contribution is -2.46. The molecule has 0 spiro atoms. The Balaban J connectivity index is 1.60. The number of carbonyl (C=O) groups excluding carboxylic acids is 1. The Kier molecular flexibility index (Phi) is 5.33. The van der Waals surface area contributed by atoms with E-state index >= 15 is 0 Å². The van der Waals surface area contributed by atoms with E-state index in [9.17, 15) is 9.18 Å². The maximum atomic E-state index is 13.9. The minimum Gasteiger partial charge on any atom is -0.370 e. The minimum atomic E-state index is -0.368. The molecule has 2 aliphatic rings. The van der Waals surface area contributed by atoms with E-state index in [0.717, 1.165) is 18.1 Å². The first-order valence-electron chi connectivity index (χ1n) is 7.69. The molecule has 0 bridgehead atoms. The van der Waals surface area contributed by atoms with Gasteiger partial charge in [-0.2, -0.15) is 11.8 Å². The molecule has 0 aliphatic carbocycles. The Morgan fingerprint density at radius 3 is 3.09 bits per heavy atom. The number of amides is 1. The second-order valence-corrected chi connectivity index (χ2v) is 6.80. The highest BCUT2D eigenvalue weighted by atomic mass is 32.2. The number of nitrogens with one attached hydrogen (secondary N) is 1. The van der Waals surface area contributed by atoms with Gasteiger partial charge in [0.2, 0.25) is 5.91 Å². The van der Waals surface area contributed by atoms with Gasteiger partial charge in [0.05, 0.1) is 13.2 Å². The van der Waals surface area contributed by atoms with Crippen molar-refractivity contribution in [3.63, 3.8) is 0 Å². The summed E-state index contributed by atoms with van der Waals surface area (Å²) in [7, 11) is 0. The number of nitrogens with zero attached hydrogens (tertiary/aromatic N) is 1. The summed E-state index contributed by atoms with van der Waals surface area (Å²) in [6.07, 6.45) is 0.143. The van der Waals surface area contributed by atoms with Gasteiger partial charge in [-0.05, 0) is 6.07 Å². The number of benzene rings is 1. The molecule has 120 valence electrons. The molecular formula is C16H21FN2O2S. The molecule has 2 atom stereocenters. The maximum absolute atomic E-state index is 13.9. The van der Waals surface area contributed by atoms with Crippen molar-refractivity contribution in [3.05, 3.63) is 35.6 Å². The van der Waals surface area contributed by atoms with Crippen LogP contribution in [0.4, 0.5) is 4.39 Å². The Labute approximate surface area is 134 Å². The lowest BCUT2D eigenvalue weighted by molar-refractivity contribution is -0.139. The highest BCUT2D eigenvalue weighted by Crippen LogP contribution is 2.25. The number of hydrogen-bond acceptors (Lipinski definition) is 4. The number of rotatable bonds is 3. The molecule has 22 heavy (non-hydrogen) atoms. The molecule has 0 radical (unpaired) electrons. The van der Waals surface area contributed by atoms with Crippen LogP contribution in [-0.4, -0.2) is 54.6 Å². The molecule has 6 heteroatoms. The van der Waals surface area contributed by atoms with Gasteiger partial charge in [0.15, 0.2) is 0 Å². The molecule has 2 aliphatic heterocycles. The highest BCUT2D eigenvalue weighted by Gasteiger charge is 2.28. The summed E-state index contributed by atoms with van der Waals surface area (Å²) in [6, 6.07) is 6.87. The van der Waals surface area contributed by atoms with Crippen molar-refractivity contribution in [1.29, 1.82) is 0 Å². The van der Waals surface area contributed by atoms with E-state index < -0.39 is 0 Å². The predicted molar refractivity (Wildman–Crippen MR) is 85.4 cm³/mol. The zero-order chi connectivity index (χ0) is 15.4. The first-order valence-corrected chi connectivity index (χ1v) is 8.84. The van der Waals surface area contributed by atoms with Gasteiger partial charge in [0.1, 0.15) is 11.9 Å². The first-order chi connectivity index (χ1) is 10.7. The van der Waals surface area contributed by atoms with Crippen molar-refractivity contribution in [3.8, 4) is 0 Å². The normalized spacial score (nSPS) is 26.0. The smallest absolute Gasteiger partial charge is 0.224 e. The highest BCUT2D eigenvalue weighted by molar-refractivity contribution is 7.99. The lowest BCUT2D eigenvalue weighted by atomic mass is 10.1. The third-order valence-electron chi connectivity index (χ3n) is 4.09. The molecule has 2 saturated heterocycles.